The fourth-order valence-corrected chi connectivity index (χ4v) is 3.43. The summed E-state index contributed by atoms with van der Waals surface area (Å²) in [4.78, 5) is 23.0. The first kappa shape index (κ1) is 24.9. The molecule has 168 valence electrons. The minimum absolute atomic E-state index is 0. The Bertz CT molecular complexity index is 883. The number of rotatable bonds is 4. The van der Waals surface area contributed by atoms with E-state index in [0.29, 0.717) is 13.1 Å². The molecule has 1 saturated heterocycles. The van der Waals surface area contributed by atoms with Crippen molar-refractivity contribution < 1.29 is 9.53 Å². The average molecular weight is 537 g/mol. The van der Waals surface area contributed by atoms with Crippen LogP contribution in [0.3, 0.4) is 0 Å². The average Bonchev–Trinajstić information content (AvgIpc) is 3.16. The van der Waals surface area contributed by atoms with E-state index in [1.165, 1.54) is 0 Å². The predicted molar refractivity (Wildman–Crippen MR) is 135 cm³/mol. The quantitative estimate of drug-likeness (QED) is 0.350. The zero-order valence-corrected chi connectivity index (χ0v) is 20.9. The van der Waals surface area contributed by atoms with Crippen LogP contribution in [0.2, 0.25) is 0 Å². The molecule has 1 atom stereocenters. The number of hydrogen-bond acceptors (Lipinski definition) is 4. The molecule has 1 aliphatic rings. The number of guanidine groups is 1. The van der Waals surface area contributed by atoms with E-state index in [0.717, 1.165) is 35.7 Å². The maximum absolute atomic E-state index is 12.0. The number of hydrogen-bond donors (Lipinski definition) is 2. The minimum Gasteiger partial charge on any atom is -0.444 e. The number of nitrogens with one attached hydrogen (secondary N) is 2. The highest BCUT2D eigenvalue weighted by Crippen LogP contribution is 2.18. The molecule has 0 saturated carbocycles. The van der Waals surface area contributed by atoms with Crippen molar-refractivity contribution in [1.29, 1.82) is 0 Å². The monoisotopic (exact) mass is 537 g/mol. The van der Waals surface area contributed by atoms with E-state index in [1.807, 2.05) is 45.0 Å². The number of carbonyl (C=O) groups is 1. The molecular weight excluding hydrogens is 505 g/mol. The molecule has 1 aromatic carbocycles. The molecule has 1 aromatic heterocycles. The standard InChI is InChI=1S/C23H31N5O2.HI/c1-23(2,3)30-22(29)27-19-11-13-28(16-19)21(24-4)26-15-17-8-7-9-18(14-17)20-10-5-6-12-25-20;/h5-10,12,14,19H,11,13,15-16H2,1-4H3,(H,24,26)(H,27,29);1H. The maximum Gasteiger partial charge on any atom is 0.407 e. The summed E-state index contributed by atoms with van der Waals surface area (Å²) in [5, 5.41) is 6.38. The largest absolute Gasteiger partial charge is 0.444 e. The molecule has 0 aliphatic carbocycles. The van der Waals surface area contributed by atoms with Gasteiger partial charge in [-0.3, -0.25) is 9.98 Å². The molecule has 31 heavy (non-hydrogen) atoms. The maximum atomic E-state index is 12.0. The van der Waals surface area contributed by atoms with E-state index in [1.54, 1.807) is 13.2 Å². The van der Waals surface area contributed by atoms with E-state index in [4.69, 9.17) is 4.74 Å². The molecule has 2 aromatic rings. The lowest BCUT2D eigenvalue weighted by Crippen LogP contribution is -2.44. The first-order chi connectivity index (χ1) is 14.3. The number of nitrogens with zero attached hydrogens (tertiary/aromatic N) is 3. The summed E-state index contributed by atoms with van der Waals surface area (Å²) in [6, 6.07) is 14.3. The van der Waals surface area contributed by atoms with Crippen molar-refractivity contribution in [2.75, 3.05) is 20.1 Å². The Hall–Kier alpha value is -2.36. The summed E-state index contributed by atoms with van der Waals surface area (Å²) in [5.41, 5.74) is 2.71. The van der Waals surface area contributed by atoms with Gasteiger partial charge in [0.05, 0.1) is 11.7 Å². The van der Waals surface area contributed by atoms with Gasteiger partial charge in [0.1, 0.15) is 5.60 Å². The number of likely N-dealkylation sites (tertiary alicyclic amines) is 1. The first-order valence-corrected chi connectivity index (χ1v) is 10.3. The Balaban J connectivity index is 0.00000341. The highest BCUT2D eigenvalue weighted by molar-refractivity contribution is 14.0. The smallest absolute Gasteiger partial charge is 0.407 e. The van der Waals surface area contributed by atoms with E-state index in [9.17, 15) is 4.79 Å². The number of carbonyl (C=O) groups excluding carboxylic acids is 1. The lowest BCUT2D eigenvalue weighted by molar-refractivity contribution is 0.0507. The van der Waals surface area contributed by atoms with Gasteiger partial charge in [-0.1, -0.05) is 24.3 Å². The topological polar surface area (TPSA) is 78.9 Å². The van der Waals surface area contributed by atoms with Crippen molar-refractivity contribution >= 4 is 36.0 Å². The summed E-state index contributed by atoms with van der Waals surface area (Å²) in [6.45, 7) is 7.78. The molecule has 1 amide bonds. The van der Waals surface area contributed by atoms with Gasteiger partial charge in [0.2, 0.25) is 0 Å². The molecular formula is C23H32IN5O2. The Labute approximate surface area is 201 Å². The number of alkyl carbamates (subject to hydrolysis) is 1. The molecule has 1 aliphatic heterocycles. The Morgan fingerprint density at radius 3 is 2.74 bits per heavy atom. The highest BCUT2D eigenvalue weighted by atomic mass is 127. The molecule has 1 unspecified atom stereocenters. The van der Waals surface area contributed by atoms with Gasteiger partial charge < -0.3 is 20.3 Å². The van der Waals surface area contributed by atoms with E-state index >= 15 is 0 Å². The van der Waals surface area contributed by atoms with Crippen LogP contribution in [0, 0.1) is 0 Å². The number of amides is 1. The van der Waals surface area contributed by atoms with Gasteiger partial charge in [-0.15, -0.1) is 24.0 Å². The van der Waals surface area contributed by atoms with E-state index in [-0.39, 0.29) is 36.1 Å². The van der Waals surface area contributed by atoms with E-state index in [2.05, 4.69) is 43.7 Å². The lowest BCUT2D eigenvalue weighted by atomic mass is 10.1. The van der Waals surface area contributed by atoms with Gasteiger partial charge in [0.15, 0.2) is 5.96 Å². The van der Waals surface area contributed by atoms with Crippen molar-refractivity contribution in [3.05, 3.63) is 54.2 Å². The number of aromatic nitrogens is 1. The third kappa shape index (κ3) is 7.68. The van der Waals surface area contributed by atoms with Gasteiger partial charge in [-0.25, -0.2) is 4.79 Å². The van der Waals surface area contributed by atoms with Crippen LogP contribution in [-0.2, 0) is 11.3 Å². The van der Waals surface area contributed by atoms with E-state index < -0.39 is 5.60 Å². The normalized spacial score (nSPS) is 16.5. The van der Waals surface area contributed by atoms with Crippen LogP contribution >= 0.6 is 24.0 Å². The van der Waals surface area contributed by atoms with Crippen LogP contribution in [0.25, 0.3) is 11.3 Å². The SMILES string of the molecule is CN=C(NCc1cccc(-c2ccccn2)c1)N1CCC(NC(=O)OC(C)(C)C)C1.I. The van der Waals surface area contributed by atoms with Gasteiger partial charge in [0, 0.05) is 38.4 Å². The summed E-state index contributed by atoms with van der Waals surface area (Å²) in [7, 11) is 1.78. The second-order valence-corrected chi connectivity index (χ2v) is 8.39. The number of benzene rings is 1. The molecule has 7 nitrogen and oxygen atoms in total. The molecule has 2 N–H and O–H groups in total. The zero-order valence-electron chi connectivity index (χ0n) is 18.6. The Kier molecular flexibility index (Phi) is 9.09. The number of halogens is 1. The third-order valence-electron chi connectivity index (χ3n) is 4.76. The highest BCUT2D eigenvalue weighted by Gasteiger charge is 2.27. The van der Waals surface area contributed by atoms with Gasteiger partial charge in [0.25, 0.3) is 0 Å². The summed E-state index contributed by atoms with van der Waals surface area (Å²) in [6.07, 6.45) is 2.29. The van der Waals surface area contributed by atoms with Crippen molar-refractivity contribution in [2.45, 2.75) is 45.4 Å². The molecule has 1 fully saturated rings. The van der Waals surface area contributed by atoms with Crippen molar-refractivity contribution in [2.24, 2.45) is 4.99 Å². The van der Waals surface area contributed by atoms with Gasteiger partial charge in [-0.2, -0.15) is 0 Å². The Morgan fingerprint density at radius 1 is 1.26 bits per heavy atom. The predicted octanol–water partition coefficient (Wildman–Crippen LogP) is 4.04. The Morgan fingerprint density at radius 2 is 2.06 bits per heavy atom. The first-order valence-electron chi connectivity index (χ1n) is 10.3. The summed E-state index contributed by atoms with van der Waals surface area (Å²) >= 11 is 0. The van der Waals surface area contributed by atoms with Crippen LogP contribution in [0.5, 0.6) is 0 Å². The lowest BCUT2D eigenvalue weighted by Gasteiger charge is -2.23. The summed E-state index contributed by atoms with van der Waals surface area (Å²) in [5.74, 6) is 0.826. The molecule has 0 spiro atoms. The summed E-state index contributed by atoms with van der Waals surface area (Å²) < 4.78 is 5.36. The second-order valence-electron chi connectivity index (χ2n) is 8.39. The van der Waals surface area contributed by atoms with Crippen LogP contribution < -0.4 is 10.6 Å². The molecule has 8 heteroatoms. The minimum atomic E-state index is -0.496. The molecule has 2 heterocycles. The van der Waals surface area contributed by atoms with Crippen molar-refractivity contribution in [3.8, 4) is 11.3 Å². The van der Waals surface area contributed by atoms with Crippen LogP contribution in [0.4, 0.5) is 4.79 Å². The number of ether oxygens (including phenoxy) is 1. The van der Waals surface area contributed by atoms with Crippen LogP contribution in [0.15, 0.2) is 53.7 Å². The fraction of sp³-hybridized carbons (Fsp3) is 0.435. The van der Waals surface area contributed by atoms with Crippen molar-refractivity contribution in [1.82, 2.24) is 20.5 Å². The van der Waals surface area contributed by atoms with Crippen molar-refractivity contribution in [3.63, 3.8) is 0 Å². The third-order valence-corrected chi connectivity index (χ3v) is 4.76. The molecule has 0 radical (unpaired) electrons. The van der Waals surface area contributed by atoms with Gasteiger partial charge in [-0.05, 0) is 51.0 Å². The van der Waals surface area contributed by atoms with Crippen LogP contribution in [0.1, 0.15) is 32.8 Å². The molecule has 3 rings (SSSR count). The van der Waals surface area contributed by atoms with Gasteiger partial charge >= 0.3 is 6.09 Å². The second kappa shape index (κ2) is 11.3. The molecule has 0 bridgehead atoms. The zero-order chi connectivity index (χ0) is 21.6. The fourth-order valence-electron chi connectivity index (χ4n) is 3.43. The number of pyridine rings is 1. The van der Waals surface area contributed by atoms with Crippen LogP contribution in [-0.4, -0.2) is 53.7 Å². The number of aliphatic imine (C=N–C) groups is 1.